The Morgan fingerprint density at radius 3 is 1.04 bits per heavy atom. The van der Waals surface area contributed by atoms with Crippen molar-refractivity contribution in [1.29, 1.82) is 0 Å². The highest BCUT2D eigenvalue weighted by Crippen LogP contribution is 2.19. The summed E-state index contributed by atoms with van der Waals surface area (Å²) in [6.45, 7) is 0. The molecule has 0 aliphatic rings. The van der Waals surface area contributed by atoms with Gasteiger partial charge in [0.1, 0.15) is 0 Å². The molecule has 0 unspecified atom stereocenters. The van der Waals surface area contributed by atoms with Crippen LogP contribution in [-0.4, -0.2) is 12.4 Å². The lowest BCUT2D eigenvalue weighted by Gasteiger charge is -2.01. The lowest BCUT2D eigenvalue weighted by Crippen LogP contribution is -1.83. The second-order valence-corrected chi connectivity index (χ2v) is 6.47. The van der Waals surface area contributed by atoms with Gasteiger partial charge in [-0.1, -0.05) is 109 Å². The van der Waals surface area contributed by atoms with E-state index in [9.17, 15) is 0 Å². The molecule has 0 bridgehead atoms. The molecular formula is C26H20N2. The van der Waals surface area contributed by atoms with E-state index in [2.05, 4.69) is 83.0 Å². The SMILES string of the molecule is C(=N\N=C\c1ccc(-c2ccccc2)cc1)/c1ccc(-c2ccccc2)cc1. The fraction of sp³-hybridized carbons (Fsp3) is 0. The topological polar surface area (TPSA) is 24.7 Å². The Hall–Kier alpha value is -3.78. The third-order valence-corrected chi connectivity index (χ3v) is 4.52. The molecule has 0 saturated heterocycles. The van der Waals surface area contributed by atoms with Crippen molar-refractivity contribution < 1.29 is 0 Å². The van der Waals surface area contributed by atoms with Gasteiger partial charge in [0.25, 0.3) is 0 Å². The molecule has 4 aromatic carbocycles. The van der Waals surface area contributed by atoms with Gasteiger partial charge >= 0.3 is 0 Å². The van der Waals surface area contributed by atoms with Crippen LogP contribution < -0.4 is 0 Å². The molecule has 2 heteroatoms. The summed E-state index contributed by atoms with van der Waals surface area (Å²) >= 11 is 0. The van der Waals surface area contributed by atoms with E-state index >= 15 is 0 Å². The highest BCUT2D eigenvalue weighted by atomic mass is 15.2. The molecule has 0 spiro atoms. The first-order valence-electron chi connectivity index (χ1n) is 9.26. The zero-order valence-electron chi connectivity index (χ0n) is 15.4. The lowest BCUT2D eigenvalue weighted by molar-refractivity contribution is 1.26. The van der Waals surface area contributed by atoms with Crippen LogP contribution in [0.2, 0.25) is 0 Å². The molecule has 0 atom stereocenters. The van der Waals surface area contributed by atoms with E-state index in [1.54, 1.807) is 12.4 Å². The Morgan fingerprint density at radius 2 is 0.679 bits per heavy atom. The highest BCUT2D eigenvalue weighted by Gasteiger charge is 1.97. The smallest absolute Gasteiger partial charge is 0.0568 e. The van der Waals surface area contributed by atoms with E-state index in [0.717, 1.165) is 11.1 Å². The summed E-state index contributed by atoms with van der Waals surface area (Å²) in [4.78, 5) is 0. The summed E-state index contributed by atoms with van der Waals surface area (Å²) in [7, 11) is 0. The summed E-state index contributed by atoms with van der Waals surface area (Å²) in [6, 6.07) is 37.3. The lowest BCUT2D eigenvalue weighted by atomic mass is 10.0. The molecule has 134 valence electrons. The van der Waals surface area contributed by atoms with Crippen molar-refractivity contribution in [2.24, 2.45) is 10.2 Å². The maximum atomic E-state index is 4.16. The number of hydrogen-bond donors (Lipinski definition) is 0. The molecule has 0 aromatic heterocycles. The Bertz CT molecular complexity index is 972. The van der Waals surface area contributed by atoms with Crippen molar-refractivity contribution in [2.75, 3.05) is 0 Å². The van der Waals surface area contributed by atoms with Crippen LogP contribution in [0, 0.1) is 0 Å². The predicted octanol–water partition coefficient (Wildman–Crippen LogP) is 6.47. The van der Waals surface area contributed by atoms with E-state index in [0.29, 0.717) is 0 Å². The van der Waals surface area contributed by atoms with Gasteiger partial charge in [-0.05, 0) is 33.4 Å². The molecule has 4 aromatic rings. The van der Waals surface area contributed by atoms with Crippen LogP contribution in [-0.2, 0) is 0 Å². The minimum absolute atomic E-state index is 1.02. The Labute approximate surface area is 165 Å². The van der Waals surface area contributed by atoms with Crippen molar-refractivity contribution in [3.05, 3.63) is 120 Å². The molecule has 0 aliphatic carbocycles. The molecule has 4 rings (SSSR count). The van der Waals surface area contributed by atoms with Gasteiger partial charge in [0.15, 0.2) is 0 Å². The fourth-order valence-corrected chi connectivity index (χ4v) is 2.98. The fourth-order valence-electron chi connectivity index (χ4n) is 2.98. The van der Waals surface area contributed by atoms with E-state index in [1.165, 1.54) is 22.3 Å². The average molecular weight is 360 g/mol. The van der Waals surface area contributed by atoms with E-state index in [-0.39, 0.29) is 0 Å². The minimum atomic E-state index is 1.02. The van der Waals surface area contributed by atoms with Crippen LogP contribution in [0.3, 0.4) is 0 Å². The van der Waals surface area contributed by atoms with Crippen LogP contribution in [0.4, 0.5) is 0 Å². The molecule has 2 nitrogen and oxygen atoms in total. The van der Waals surface area contributed by atoms with E-state index in [4.69, 9.17) is 0 Å². The second-order valence-electron chi connectivity index (χ2n) is 6.47. The molecule has 28 heavy (non-hydrogen) atoms. The number of nitrogens with zero attached hydrogens (tertiary/aromatic N) is 2. The Kier molecular flexibility index (Phi) is 5.50. The summed E-state index contributed by atoms with van der Waals surface area (Å²) < 4.78 is 0. The third-order valence-electron chi connectivity index (χ3n) is 4.52. The maximum absolute atomic E-state index is 4.16. The van der Waals surface area contributed by atoms with Crippen LogP contribution in [0.1, 0.15) is 11.1 Å². The molecule has 0 fully saturated rings. The summed E-state index contributed by atoms with van der Waals surface area (Å²) in [5.41, 5.74) is 6.86. The Balaban J connectivity index is 1.38. The van der Waals surface area contributed by atoms with Gasteiger partial charge in [0, 0.05) is 0 Å². The van der Waals surface area contributed by atoms with Gasteiger partial charge in [-0.25, -0.2) is 0 Å². The monoisotopic (exact) mass is 360 g/mol. The minimum Gasteiger partial charge on any atom is -0.159 e. The van der Waals surface area contributed by atoms with Gasteiger partial charge < -0.3 is 0 Å². The molecule has 0 amide bonds. The molecule has 0 heterocycles. The first kappa shape index (κ1) is 17.6. The van der Waals surface area contributed by atoms with Crippen molar-refractivity contribution >= 4 is 12.4 Å². The molecular weight excluding hydrogens is 340 g/mol. The van der Waals surface area contributed by atoms with Crippen LogP contribution in [0.5, 0.6) is 0 Å². The zero-order valence-corrected chi connectivity index (χ0v) is 15.4. The quantitative estimate of drug-likeness (QED) is 0.288. The van der Waals surface area contributed by atoms with Gasteiger partial charge in [0.05, 0.1) is 12.4 Å². The van der Waals surface area contributed by atoms with E-state index in [1.807, 2.05) is 36.4 Å². The zero-order chi connectivity index (χ0) is 19.0. The normalized spacial score (nSPS) is 11.3. The van der Waals surface area contributed by atoms with Crippen molar-refractivity contribution in [1.82, 2.24) is 0 Å². The first-order valence-corrected chi connectivity index (χ1v) is 9.26. The average Bonchev–Trinajstić information content (AvgIpc) is 2.79. The molecule has 0 radical (unpaired) electrons. The standard InChI is InChI=1S/C26H20N2/c1-3-7-23(8-4-1)25-15-11-21(12-16-25)19-27-28-20-22-13-17-26(18-14-22)24-9-5-2-6-10-24/h1-20H/b27-19+,28-20+. The third kappa shape index (κ3) is 4.49. The summed E-state index contributed by atoms with van der Waals surface area (Å²) in [5.74, 6) is 0. The molecule has 0 saturated carbocycles. The number of hydrogen-bond acceptors (Lipinski definition) is 2. The predicted molar refractivity (Wildman–Crippen MR) is 119 cm³/mol. The second kappa shape index (κ2) is 8.74. The van der Waals surface area contributed by atoms with Gasteiger partial charge in [-0.2, -0.15) is 10.2 Å². The van der Waals surface area contributed by atoms with Crippen LogP contribution in [0.25, 0.3) is 22.3 Å². The van der Waals surface area contributed by atoms with Crippen molar-refractivity contribution in [3.8, 4) is 22.3 Å². The molecule has 0 aliphatic heterocycles. The maximum Gasteiger partial charge on any atom is 0.0568 e. The van der Waals surface area contributed by atoms with Gasteiger partial charge in [-0.15, -0.1) is 0 Å². The largest absolute Gasteiger partial charge is 0.159 e. The van der Waals surface area contributed by atoms with Gasteiger partial charge in [0.2, 0.25) is 0 Å². The van der Waals surface area contributed by atoms with Crippen LogP contribution >= 0.6 is 0 Å². The van der Waals surface area contributed by atoms with Gasteiger partial charge in [-0.3, -0.25) is 0 Å². The summed E-state index contributed by atoms with van der Waals surface area (Å²) in [6.07, 6.45) is 3.53. The first-order chi connectivity index (χ1) is 13.9. The molecule has 0 N–H and O–H groups in total. The highest BCUT2D eigenvalue weighted by molar-refractivity contribution is 5.84. The summed E-state index contributed by atoms with van der Waals surface area (Å²) in [5, 5.41) is 8.33. The van der Waals surface area contributed by atoms with Crippen LogP contribution in [0.15, 0.2) is 119 Å². The van der Waals surface area contributed by atoms with Crippen molar-refractivity contribution in [2.45, 2.75) is 0 Å². The number of benzene rings is 4. The number of rotatable bonds is 5. The van der Waals surface area contributed by atoms with E-state index < -0.39 is 0 Å². The Morgan fingerprint density at radius 1 is 0.357 bits per heavy atom. The van der Waals surface area contributed by atoms with Crippen molar-refractivity contribution in [3.63, 3.8) is 0 Å².